The molecule has 3 rings (SSSR count). The maximum absolute atomic E-state index is 13.6. The van der Waals surface area contributed by atoms with Crippen molar-refractivity contribution in [2.75, 3.05) is 7.05 Å². The standard InChI is InChI=1S/C26H34BN5O6/c1-16(2)13-22(27-37-25(35)17(3)32(5)18(4)26(36)38-27)31-23(33)20(14-19-9-7-6-8-10-19)30-24(34)21-15-28-11-12-29-21/h6-12,15-18,20,22H,13-14H2,1-5H3,(H,30,34)(H,31,33)/t17-,18-,20+,22+/m1/s1. The van der Waals surface area contributed by atoms with Gasteiger partial charge in [0.05, 0.1) is 12.1 Å². The van der Waals surface area contributed by atoms with Crippen LogP contribution in [0, 0.1) is 5.92 Å². The molecule has 2 aromatic rings. The summed E-state index contributed by atoms with van der Waals surface area (Å²) in [6.07, 6.45) is 4.68. The summed E-state index contributed by atoms with van der Waals surface area (Å²) >= 11 is 0. The number of amides is 2. The van der Waals surface area contributed by atoms with E-state index >= 15 is 0 Å². The van der Waals surface area contributed by atoms with Crippen molar-refractivity contribution in [1.29, 1.82) is 0 Å². The summed E-state index contributed by atoms with van der Waals surface area (Å²) < 4.78 is 11.1. The van der Waals surface area contributed by atoms with E-state index in [-0.39, 0.29) is 18.0 Å². The Hall–Kier alpha value is -3.80. The highest BCUT2D eigenvalue weighted by Gasteiger charge is 2.45. The van der Waals surface area contributed by atoms with Gasteiger partial charge >= 0.3 is 19.1 Å². The first-order valence-corrected chi connectivity index (χ1v) is 12.6. The molecule has 0 saturated carbocycles. The van der Waals surface area contributed by atoms with Crippen molar-refractivity contribution in [2.45, 2.75) is 64.6 Å². The molecule has 1 aromatic heterocycles. The summed E-state index contributed by atoms with van der Waals surface area (Å²) in [5.74, 6) is -3.02. The normalized spacial score (nSPS) is 20.0. The molecule has 2 amide bonds. The molecule has 38 heavy (non-hydrogen) atoms. The number of rotatable bonds is 9. The van der Waals surface area contributed by atoms with Gasteiger partial charge in [0.2, 0.25) is 5.91 Å². The average molecular weight is 523 g/mol. The quantitative estimate of drug-likeness (QED) is 0.464. The Bertz CT molecular complexity index is 1100. The Morgan fingerprint density at radius 2 is 1.66 bits per heavy atom. The van der Waals surface area contributed by atoms with Crippen LogP contribution in [0.4, 0.5) is 0 Å². The van der Waals surface area contributed by atoms with E-state index in [2.05, 4.69) is 20.6 Å². The highest BCUT2D eigenvalue weighted by atomic mass is 16.6. The van der Waals surface area contributed by atoms with Crippen LogP contribution < -0.4 is 10.6 Å². The lowest BCUT2D eigenvalue weighted by atomic mass is 9.73. The zero-order valence-electron chi connectivity index (χ0n) is 22.3. The lowest BCUT2D eigenvalue weighted by Gasteiger charge is -2.34. The summed E-state index contributed by atoms with van der Waals surface area (Å²) in [7, 11) is 0.313. The van der Waals surface area contributed by atoms with E-state index in [0.29, 0.717) is 6.42 Å². The van der Waals surface area contributed by atoms with Crippen LogP contribution in [0.1, 0.15) is 50.2 Å². The summed E-state index contributed by atoms with van der Waals surface area (Å²) in [6, 6.07) is 6.85. The van der Waals surface area contributed by atoms with Crippen LogP contribution in [0.3, 0.4) is 0 Å². The minimum Gasteiger partial charge on any atom is -0.497 e. The van der Waals surface area contributed by atoms with E-state index in [4.69, 9.17) is 9.31 Å². The predicted octanol–water partition coefficient (Wildman–Crippen LogP) is 1.18. The molecule has 0 radical (unpaired) electrons. The maximum Gasteiger partial charge on any atom is 0.622 e. The van der Waals surface area contributed by atoms with Gasteiger partial charge in [-0.05, 0) is 38.8 Å². The van der Waals surface area contributed by atoms with Gasteiger partial charge in [0.1, 0.15) is 23.8 Å². The third-order valence-electron chi connectivity index (χ3n) is 6.45. The number of nitrogens with zero attached hydrogens (tertiary/aromatic N) is 3. The molecule has 1 fully saturated rings. The third kappa shape index (κ3) is 7.61. The first-order chi connectivity index (χ1) is 18.1. The molecule has 12 heteroatoms. The van der Waals surface area contributed by atoms with Gasteiger partial charge < -0.3 is 19.9 Å². The van der Waals surface area contributed by atoms with Gasteiger partial charge in [0.15, 0.2) is 0 Å². The molecule has 1 aliphatic rings. The molecule has 11 nitrogen and oxygen atoms in total. The van der Waals surface area contributed by atoms with Gasteiger partial charge in [-0.3, -0.25) is 29.1 Å². The van der Waals surface area contributed by atoms with E-state index < -0.39 is 54.9 Å². The number of nitrogens with one attached hydrogen (secondary N) is 2. The molecular formula is C26H34BN5O6. The maximum atomic E-state index is 13.6. The van der Waals surface area contributed by atoms with Crippen molar-refractivity contribution in [3.05, 3.63) is 60.2 Å². The second-order valence-electron chi connectivity index (χ2n) is 9.81. The number of aromatic nitrogens is 2. The highest BCUT2D eigenvalue weighted by Crippen LogP contribution is 2.17. The summed E-state index contributed by atoms with van der Waals surface area (Å²) in [6.45, 7) is 7.15. The molecule has 2 N–H and O–H groups in total. The Kier molecular flexibility index (Phi) is 9.94. The van der Waals surface area contributed by atoms with Crippen molar-refractivity contribution < 1.29 is 28.5 Å². The molecular weight excluding hydrogens is 489 g/mol. The van der Waals surface area contributed by atoms with Crippen LogP contribution >= 0.6 is 0 Å². The fraction of sp³-hybridized carbons (Fsp3) is 0.462. The number of carbonyl (C=O) groups excluding carboxylic acids is 4. The average Bonchev–Trinajstić information content (AvgIpc) is 2.90. The molecule has 0 unspecified atom stereocenters. The number of benzene rings is 1. The first-order valence-electron chi connectivity index (χ1n) is 12.6. The van der Waals surface area contributed by atoms with E-state index in [9.17, 15) is 19.2 Å². The summed E-state index contributed by atoms with van der Waals surface area (Å²) in [5.41, 5.74) is 0.883. The summed E-state index contributed by atoms with van der Waals surface area (Å²) in [5, 5.41) is 5.60. The second-order valence-corrected chi connectivity index (χ2v) is 9.81. The smallest absolute Gasteiger partial charge is 0.497 e. The van der Waals surface area contributed by atoms with Crippen LogP contribution in [0.5, 0.6) is 0 Å². The third-order valence-corrected chi connectivity index (χ3v) is 6.45. The molecule has 2 heterocycles. The molecule has 4 atom stereocenters. The minimum absolute atomic E-state index is 0.0578. The molecule has 0 bridgehead atoms. The van der Waals surface area contributed by atoms with Gasteiger partial charge in [-0.15, -0.1) is 0 Å². The molecule has 202 valence electrons. The minimum atomic E-state index is -1.33. The second kappa shape index (κ2) is 13.1. The predicted molar refractivity (Wildman–Crippen MR) is 139 cm³/mol. The van der Waals surface area contributed by atoms with Crippen LogP contribution in [0.2, 0.25) is 0 Å². The first kappa shape index (κ1) is 28.8. The van der Waals surface area contributed by atoms with E-state index in [1.54, 1.807) is 25.8 Å². The van der Waals surface area contributed by atoms with Crippen molar-refractivity contribution in [2.24, 2.45) is 5.92 Å². The largest absolute Gasteiger partial charge is 0.622 e. The van der Waals surface area contributed by atoms with Crippen LogP contribution in [-0.4, -0.2) is 76.9 Å². The topological polar surface area (TPSA) is 140 Å². The van der Waals surface area contributed by atoms with Gasteiger partial charge in [0, 0.05) is 18.8 Å². The Morgan fingerprint density at radius 1 is 1.03 bits per heavy atom. The van der Waals surface area contributed by atoms with Crippen molar-refractivity contribution in [3.8, 4) is 0 Å². The Labute approximate surface area is 222 Å². The number of hydrogen-bond donors (Lipinski definition) is 2. The van der Waals surface area contributed by atoms with Crippen molar-refractivity contribution >= 4 is 30.9 Å². The van der Waals surface area contributed by atoms with Crippen LogP contribution in [0.25, 0.3) is 0 Å². The molecule has 1 saturated heterocycles. The van der Waals surface area contributed by atoms with Crippen LogP contribution in [0.15, 0.2) is 48.9 Å². The zero-order valence-corrected chi connectivity index (χ0v) is 22.3. The molecule has 1 aromatic carbocycles. The monoisotopic (exact) mass is 523 g/mol. The van der Waals surface area contributed by atoms with Crippen molar-refractivity contribution in [1.82, 2.24) is 25.5 Å². The Morgan fingerprint density at radius 3 is 2.21 bits per heavy atom. The summed E-state index contributed by atoms with van der Waals surface area (Å²) in [4.78, 5) is 61.4. The molecule has 0 aliphatic carbocycles. The van der Waals surface area contributed by atoms with E-state index in [0.717, 1.165) is 5.56 Å². The Balaban J connectivity index is 1.85. The fourth-order valence-electron chi connectivity index (χ4n) is 4.02. The van der Waals surface area contributed by atoms with Gasteiger partial charge in [-0.1, -0.05) is 44.2 Å². The van der Waals surface area contributed by atoms with E-state index in [1.165, 1.54) is 18.6 Å². The van der Waals surface area contributed by atoms with Gasteiger partial charge in [0.25, 0.3) is 5.91 Å². The number of likely N-dealkylation sites (N-methyl/N-ethyl adjacent to an activating group) is 1. The number of hydrogen-bond acceptors (Lipinski definition) is 9. The number of carbonyl (C=O) groups is 4. The lowest BCUT2D eigenvalue weighted by molar-refractivity contribution is -0.153. The fourth-order valence-corrected chi connectivity index (χ4v) is 4.02. The molecule has 1 aliphatic heterocycles. The van der Waals surface area contributed by atoms with Crippen molar-refractivity contribution in [3.63, 3.8) is 0 Å². The van der Waals surface area contributed by atoms with E-state index in [1.807, 2.05) is 44.2 Å². The SMILES string of the molecule is CC(C)C[C@H](NC(=O)[C@H](Cc1ccccc1)NC(=O)c1cnccn1)B1OC(=O)[C@@H](C)N(C)[C@H](C)C(=O)O1. The van der Waals surface area contributed by atoms with Gasteiger partial charge in [-0.2, -0.15) is 0 Å². The van der Waals surface area contributed by atoms with Crippen LogP contribution in [-0.2, 0) is 30.1 Å². The lowest BCUT2D eigenvalue weighted by Crippen LogP contribution is -2.60. The zero-order chi connectivity index (χ0) is 27.8. The molecule has 0 spiro atoms. The van der Waals surface area contributed by atoms with Gasteiger partial charge in [-0.25, -0.2) is 4.98 Å². The highest BCUT2D eigenvalue weighted by molar-refractivity contribution is 6.51.